The number of amides is 1. The molecule has 0 spiro atoms. The Balaban J connectivity index is 1.84. The van der Waals surface area contributed by atoms with E-state index in [4.69, 9.17) is 0 Å². The minimum Gasteiger partial charge on any atom is -0.339 e. The van der Waals surface area contributed by atoms with Gasteiger partial charge < -0.3 is 4.90 Å². The highest BCUT2D eigenvalue weighted by Gasteiger charge is 2.26. The van der Waals surface area contributed by atoms with Gasteiger partial charge in [0.2, 0.25) is 10.0 Å². The molecule has 1 aliphatic heterocycles. The zero-order valence-corrected chi connectivity index (χ0v) is 17.0. The van der Waals surface area contributed by atoms with Crippen LogP contribution in [0.4, 0.5) is 0 Å². The van der Waals surface area contributed by atoms with Crippen LogP contribution in [0.3, 0.4) is 0 Å². The summed E-state index contributed by atoms with van der Waals surface area (Å²) in [4.78, 5) is 15.7. The van der Waals surface area contributed by atoms with Crippen molar-refractivity contribution in [3.8, 4) is 0 Å². The fourth-order valence-corrected chi connectivity index (χ4v) is 5.70. The van der Waals surface area contributed by atoms with Crippen LogP contribution in [0.5, 0.6) is 0 Å². The summed E-state index contributed by atoms with van der Waals surface area (Å²) in [5, 5.41) is 0. The number of thioether (sulfide) groups is 1. The van der Waals surface area contributed by atoms with Crippen molar-refractivity contribution in [2.45, 2.75) is 67.2 Å². The van der Waals surface area contributed by atoms with Gasteiger partial charge in [-0.1, -0.05) is 25.7 Å². The van der Waals surface area contributed by atoms with Crippen LogP contribution in [0.2, 0.25) is 0 Å². The summed E-state index contributed by atoms with van der Waals surface area (Å²) in [6, 6.07) is 4.94. The van der Waals surface area contributed by atoms with Gasteiger partial charge in [-0.05, 0) is 50.1 Å². The molecule has 0 bridgehead atoms. The Morgan fingerprint density at radius 3 is 2.35 bits per heavy atom. The molecule has 3 rings (SSSR count). The van der Waals surface area contributed by atoms with Crippen molar-refractivity contribution in [2.24, 2.45) is 0 Å². The molecule has 1 saturated carbocycles. The second kappa shape index (κ2) is 8.76. The van der Waals surface area contributed by atoms with Crippen LogP contribution in [-0.2, 0) is 10.0 Å². The Hall–Kier alpha value is -1.05. The van der Waals surface area contributed by atoms with E-state index in [0.29, 0.717) is 5.56 Å². The molecule has 5 nitrogen and oxygen atoms in total. The summed E-state index contributed by atoms with van der Waals surface area (Å²) in [5.41, 5.74) is 0.503. The molecule has 1 aromatic carbocycles. The maximum absolute atomic E-state index is 12.9. The first-order valence-corrected chi connectivity index (χ1v) is 12.2. The van der Waals surface area contributed by atoms with Gasteiger partial charge in [0.25, 0.3) is 5.91 Å². The van der Waals surface area contributed by atoms with Gasteiger partial charge in [0.15, 0.2) is 0 Å². The molecule has 144 valence electrons. The molecule has 0 unspecified atom stereocenters. The Bertz CT molecular complexity index is 735. The SMILES string of the molecule is CSc1ccc(S(=O)(=O)NC2CCCCCC2)cc1C(=O)N1CCCC1. The van der Waals surface area contributed by atoms with Crippen LogP contribution in [-0.4, -0.2) is 44.6 Å². The number of benzene rings is 1. The smallest absolute Gasteiger partial charge is 0.255 e. The summed E-state index contributed by atoms with van der Waals surface area (Å²) in [6.07, 6.45) is 10.2. The van der Waals surface area contributed by atoms with Gasteiger partial charge in [0, 0.05) is 24.0 Å². The zero-order chi connectivity index (χ0) is 18.6. The molecule has 1 amide bonds. The average Bonchev–Trinajstić information content (AvgIpc) is 3.06. The molecule has 0 aromatic heterocycles. The van der Waals surface area contributed by atoms with Crippen molar-refractivity contribution in [1.82, 2.24) is 9.62 Å². The second-order valence-electron chi connectivity index (χ2n) is 7.17. The van der Waals surface area contributed by atoms with E-state index in [1.165, 1.54) is 24.6 Å². The molecule has 1 aliphatic carbocycles. The van der Waals surface area contributed by atoms with E-state index < -0.39 is 10.0 Å². The maximum atomic E-state index is 12.9. The van der Waals surface area contributed by atoms with Crippen LogP contribution in [0.1, 0.15) is 61.7 Å². The highest BCUT2D eigenvalue weighted by Crippen LogP contribution is 2.27. The van der Waals surface area contributed by atoms with Gasteiger partial charge >= 0.3 is 0 Å². The molecular weight excluding hydrogens is 368 g/mol. The van der Waals surface area contributed by atoms with Gasteiger partial charge in [-0.3, -0.25) is 4.79 Å². The number of nitrogens with one attached hydrogen (secondary N) is 1. The van der Waals surface area contributed by atoms with Crippen molar-refractivity contribution in [2.75, 3.05) is 19.3 Å². The summed E-state index contributed by atoms with van der Waals surface area (Å²) in [6.45, 7) is 1.51. The monoisotopic (exact) mass is 396 g/mol. The lowest BCUT2D eigenvalue weighted by Gasteiger charge is -2.19. The number of hydrogen-bond donors (Lipinski definition) is 1. The largest absolute Gasteiger partial charge is 0.339 e. The van der Waals surface area contributed by atoms with Crippen molar-refractivity contribution < 1.29 is 13.2 Å². The van der Waals surface area contributed by atoms with Gasteiger partial charge in [0.05, 0.1) is 10.5 Å². The fourth-order valence-electron chi connectivity index (χ4n) is 3.80. The van der Waals surface area contributed by atoms with E-state index in [9.17, 15) is 13.2 Å². The summed E-state index contributed by atoms with van der Waals surface area (Å²) in [5.74, 6) is -0.0571. The second-order valence-corrected chi connectivity index (χ2v) is 9.73. The van der Waals surface area contributed by atoms with E-state index in [1.807, 2.05) is 11.2 Å². The molecule has 7 heteroatoms. The molecule has 1 saturated heterocycles. The number of hydrogen-bond acceptors (Lipinski definition) is 4. The standard InChI is InChI=1S/C19H28N2O3S2/c1-25-18-11-10-16(14-17(18)19(22)21-12-6-7-13-21)26(23,24)20-15-8-4-2-3-5-9-15/h10-11,14-15,20H,2-9,12-13H2,1H3. The van der Waals surface area contributed by atoms with Crippen LogP contribution >= 0.6 is 11.8 Å². The molecule has 0 radical (unpaired) electrons. The highest BCUT2D eigenvalue weighted by molar-refractivity contribution is 7.98. The molecule has 2 aliphatic rings. The van der Waals surface area contributed by atoms with Crippen molar-refractivity contribution >= 4 is 27.7 Å². The predicted molar refractivity (Wildman–Crippen MR) is 105 cm³/mol. The molecule has 26 heavy (non-hydrogen) atoms. The van der Waals surface area contributed by atoms with E-state index in [1.54, 1.807) is 18.2 Å². The maximum Gasteiger partial charge on any atom is 0.255 e. The number of rotatable bonds is 5. The molecule has 1 N–H and O–H groups in total. The predicted octanol–water partition coefficient (Wildman–Crippen LogP) is 3.65. The fraction of sp³-hybridized carbons (Fsp3) is 0.632. The van der Waals surface area contributed by atoms with E-state index in [-0.39, 0.29) is 16.8 Å². The average molecular weight is 397 g/mol. The Labute approximate surface area is 161 Å². The third-order valence-corrected chi connectivity index (χ3v) is 7.60. The number of likely N-dealkylation sites (tertiary alicyclic amines) is 1. The Kier molecular flexibility index (Phi) is 6.64. The molecule has 1 aromatic rings. The third-order valence-electron chi connectivity index (χ3n) is 5.28. The molecule has 1 heterocycles. The van der Waals surface area contributed by atoms with Gasteiger partial charge in [-0.25, -0.2) is 13.1 Å². The lowest BCUT2D eigenvalue weighted by molar-refractivity contribution is 0.0789. The van der Waals surface area contributed by atoms with E-state index >= 15 is 0 Å². The number of carbonyl (C=O) groups excluding carboxylic acids is 1. The van der Waals surface area contributed by atoms with Gasteiger partial charge in [0.1, 0.15) is 0 Å². The lowest BCUT2D eigenvalue weighted by Crippen LogP contribution is -2.34. The summed E-state index contributed by atoms with van der Waals surface area (Å²) >= 11 is 1.48. The first-order valence-electron chi connectivity index (χ1n) is 9.51. The first kappa shape index (κ1) is 19.7. The molecule has 2 fully saturated rings. The van der Waals surface area contributed by atoms with Crippen molar-refractivity contribution in [1.29, 1.82) is 0 Å². The van der Waals surface area contributed by atoms with Crippen LogP contribution in [0.15, 0.2) is 28.0 Å². The number of carbonyl (C=O) groups is 1. The van der Waals surface area contributed by atoms with Crippen LogP contribution in [0.25, 0.3) is 0 Å². The van der Waals surface area contributed by atoms with Crippen LogP contribution in [0, 0.1) is 0 Å². The minimum absolute atomic E-state index is 0.000426. The quantitative estimate of drug-likeness (QED) is 0.609. The summed E-state index contributed by atoms with van der Waals surface area (Å²) < 4.78 is 28.6. The van der Waals surface area contributed by atoms with Gasteiger partial charge in [-0.15, -0.1) is 11.8 Å². The Morgan fingerprint density at radius 1 is 1.08 bits per heavy atom. The highest BCUT2D eigenvalue weighted by atomic mass is 32.2. The minimum atomic E-state index is -3.61. The zero-order valence-electron chi connectivity index (χ0n) is 15.4. The van der Waals surface area contributed by atoms with Gasteiger partial charge in [-0.2, -0.15) is 0 Å². The molecular formula is C19H28N2O3S2. The first-order chi connectivity index (χ1) is 12.5. The lowest BCUT2D eigenvalue weighted by atomic mass is 10.1. The van der Waals surface area contributed by atoms with Crippen molar-refractivity contribution in [3.05, 3.63) is 23.8 Å². The normalized spacial score (nSPS) is 19.5. The topological polar surface area (TPSA) is 66.5 Å². The number of sulfonamides is 1. The van der Waals surface area contributed by atoms with E-state index in [2.05, 4.69) is 4.72 Å². The Morgan fingerprint density at radius 2 is 1.73 bits per heavy atom. The van der Waals surface area contributed by atoms with E-state index in [0.717, 1.165) is 56.5 Å². The third kappa shape index (κ3) is 4.61. The van der Waals surface area contributed by atoms with Crippen LogP contribution < -0.4 is 4.72 Å². The molecule has 0 atom stereocenters. The van der Waals surface area contributed by atoms with Crippen molar-refractivity contribution in [3.63, 3.8) is 0 Å². The summed E-state index contributed by atoms with van der Waals surface area (Å²) in [7, 11) is -3.61. The number of nitrogens with zero attached hydrogens (tertiary/aromatic N) is 1.